The first-order valence-corrected chi connectivity index (χ1v) is 35.9. The molecule has 0 aromatic heterocycles. The lowest BCUT2D eigenvalue weighted by atomic mass is 10.0. The molecule has 108 heavy (non-hydrogen) atoms. The van der Waals surface area contributed by atoms with E-state index < -0.39 is 269 Å². The predicted octanol–water partition coefficient (Wildman–Crippen LogP) is -11.9. The third-order valence-electron chi connectivity index (χ3n) is 17.1. The van der Waals surface area contributed by atoms with Crippen LogP contribution in [-0.4, -0.2) is 296 Å². The van der Waals surface area contributed by atoms with E-state index >= 15 is 0 Å². The van der Waals surface area contributed by atoms with Gasteiger partial charge in [0.1, 0.15) is 84.6 Å². The first-order valence-electron chi connectivity index (χ1n) is 35.3. The Balaban J connectivity index is 2.30. The fraction of sp³-hybridized carbons (Fsp3) is 0.719. The molecule has 2 heterocycles. The summed E-state index contributed by atoms with van der Waals surface area (Å²) in [6.07, 6.45) is -4.11. The summed E-state index contributed by atoms with van der Waals surface area (Å²) in [6.45, 7) is 3.05. The molecular weight excluding hydrogens is 1450 g/mol. The van der Waals surface area contributed by atoms with Crippen molar-refractivity contribution in [1.82, 2.24) is 73.6 Å². The van der Waals surface area contributed by atoms with Crippen LogP contribution in [0.25, 0.3) is 0 Å². The monoisotopic (exact) mass is 1560 g/mol. The number of rotatable bonds is 50. The van der Waals surface area contributed by atoms with Crippen LogP contribution in [0.4, 0.5) is 0 Å². The number of amides is 17. The van der Waals surface area contributed by atoms with Gasteiger partial charge in [-0.25, -0.2) is 0 Å². The SMILES string of the molecule is CC(C)CC(NC(=O)CNC(=O)C(CO)NC(=O)C(NC(=O)C(CCC(N)=O)NC(=O)[C@@H]1CCCN1C(=O)[C@H](CC(C)C)NC(=O)C(CO)NC(=O)[C@@H](CS)NC(=O)C(N)CO)C(C)O)C(=O)NC(CCC(N)=O)C(=O)NC(CCCCN)C(=O)N1CCCC1C(=O)NC(CCC(=O)O)C(=O)NC(CO)C(N)=O. The number of carboxylic acid groups (broad SMARTS) is 1. The number of nitrogens with zero attached hydrogens (tertiary/aromatic N) is 2. The number of nitrogens with one attached hydrogen (secondary N) is 12. The molecule has 0 bridgehead atoms. The molecule has 0 aromatic carbocycles. The molecule has 0 saturated carbocycles. The first-order chi connectivity index (χ1) is 50.8. The number of aliphatic carboxylic acids is 1. The highest BCUT2D eigenvalue weighted by Crippen LogP contribution is 2.23. The van der Waals surface area contributed by atoms with E-state index in [9.17, 15) is 117 Å². The largest absolute Gasteiger partial charge is 0.481 e. The number of carbonyl (C=O) groups excluding carboxylic acids is 17. The summed E-state index contributed by atoms with van der Waals surface area (Å²) in [6, 6.07) is -21.8. The lowest BCUT2D eigenvalue weighted by Crippen LogP contribution is -2.62. The van der Waals surface area contributed by atoms with E-state index in [1.165, 1.54) is 0 Å². The average molecular weight is 1560 g/mol. The van der Waals surface area contributed by atoms with Gasteiger partial charge in [0, 0.05) is 38.1 Å². The summed E-state index contributed by atoms with van der Waals surface area (Å²) in [5.74, 6) is -19.6. The van der Waals surface area contributed by atoms with Crippen molar-refractivity contribution in [3.05, 3.63) is 0 Å². The van der Waals surface area contributed by atoms with E-state index in [0.29, 0.717) is 6.42 Å². The van der Waals surface area contributed by atoms with Gasteiger partial charge in [0.2, 0.25) is 100 Å². The van der Waals surface area contributed by atoms with E-state index in [4.69, 9.17) is 28.7 Å². The van der Waals surface area contributed by atoms with Crippen LogP contribution >= 0.6 is 12.6 Å². The second-order valence-corrected chi connectivity index (χ2v) is 27.3. The van der Waals surface area contributed by atoms with Crippen LogP contribution in [0.5, 0.6) is 0 Å². The van der Waals surface area contributed by atoms with Crippen LogP contribution in [0.15, 0.2) is 0 Å². The molecular formula is C64H109N19O24S. The Morgan fingerprint density at radius 2 is 0.843 bits per heavy atom. The van der Waals surface area contributed by atoms with Gasteiger partial charge in [-0.3, -0.25) is 86.3 Å². The van der Waals surface area contributed by atoms with Gasteiger partial charge in [-0.2, -0.15) is 12.6 Å². The zero-order chi connectivity index (χ0) is 81.8. The molecule has 12 unspecified atom stereocenters. The molecule has 2 aliphatic heterocycles. The molecule has 610 valence electrons. The fourth-order valence-corrected chi connectivity index (χ4v) is 11.6. The summed E-state index contributed by atoms with van der Waals surface area (Å²) in [5.41, 5.74) is 27.3. The van der Waals surface area contributed by atoms with Crippen LogP contribution in [-0.2, 0) is 86.3 Å². The van der Waals surface area contributed by atoms with E-state index in [1.54, 1.807) is 27.7 Å². The molecule has 2 aliphatic rings. The summed E-state index contributed by atoms with van der Waals surface area (Å²) in [5, 5.41) is 87.3. The van der Waals surface area contributed by atoms with Crippen molar-refractivity contribution in [2.45, 2.75) is 222 Å². The number of thiol groups is 1. The van der Waals surface area contributed by atoms with Crippen LogP contribution in [0.2, 0.25) is 0 Å². The molecule has 0 spiro atoms. The third kappa shape index (κ3) is 32.2. The molecule has 0 radical (unpaired) electrons. The number of hydrogen-bond donors (Lipinski definition) is 24. The Kier molecular flexibility index (Phi) is 42.1. The third-order valence-corrected chi connectivity index (χ3v) is 17.5. The van der Waals surface area contributed by atoms with Crippen molar-refractivity contribution in [3.8, 4) is 0 Å². The van der Waals surface area contributed by atoms with Gasteiger partial charge in [0.25, 0.3) is 0 Å². The van der Waals surface area contributed by atoms with Crippen molar-refractivity contribution in [1.29, 1.82) is 0 Å². The van der Waals surface area contributed by atoms with Crippen molar-refractivity contribution in [2.75, 3.05) is 58.4 Å². The van der Waals surface area contributed by atoms with Crippen molar-refractivity contribution < 1.29 is 117 Å². The Hall–Kier alpha value is -9.47. The van der Waals surface area contributed by atoms with Gasteiger partial charge < -0.3 is 133 Å². The zero-order valence-electron chi connectivity index (χ0n) is 61.0. The number of carbonyl (C=O) groups is 18. The smallest absolute Gasteiger partial charge is 0.303 e. The molecule has 2 saturated heterocycles. The maximum atomic E-state index is 14.4. The number of hydrogen-bond acceptors (Lipinski definition) is 26. The van der Waals surface area contributed by atoms with Crippen LogP contribution < -0.4 is 92.5 Å². The van der Waals surface area contributed by atoms with Crippen LogP contribution in [0.3, 0.4) is 0 Å². The summed E-state index contributed by atoms with van der Waals surface area (Å²) in [7, 11) is 0. The normalized spacial score (nSPS) is 17.7. The number of aliphatic hydroxyl groups excluding tert-OH is 5. The maximum absolute atomic E-state index is 14.4. The van der Waals surface area contributed by atoms with Gasteiger partial charge in [-0.1, -0.05) is 27.7 Å². The number of likely N-dealkylation sites (tertiary alicyclic amines) is 2. The molecule has 15 atom stereocenters. The Morgan fingerprint density at radius 3 is 1.30 bits per heavy atom. The number of nitrogens with two attached hydrogens (primary N) is 5. The number of aliphatic hydroxyl groups is 5. The van der Waals surface area contributed by atoms with Crippen molar-refractivity contribution >= 4 is 119 Å². The Bertz CT molecular complexity index is 3150. The van der Waals surface area contributed by atoms with E-state index in [2.05, 4.69) is 76.4 Å². The molecule has 2 rings (SSSR count). The molecule has 2 fully saturated rings. The number of primary amides is 3. The minimum Gasteiger partial charge on any atom is -0.481 e. The highest BCUT2D eigenvalue weighted by atomic mass is 32.1. The molecule has 28 N–H and O–H groups in total. The quantitative estimate of drug-likeness (QED) is 0.0199. The second-order valence-electron chi connectivity index (χ2n) is 26.9. The first kappa shape index (κ1) is 94.6. The molecule has 0 aliphatic carbocycles. The summed E-state index contributed by atoms with van der Waals surface area (Å²) >= 11 is 4.04. The van der Waals surface area contributed by atoms with Crippen LogP contribution in [0, 0.1) is 11.8 Å². The standard InChI is InChI=1S/C64H109N19O24S/c1-30(2)22-38(57(100)72-34(13-16-46(67)89)54(97)75-37(10-6-7-19-65)63(106)82-20-8-11-44(82)60(103)74-36(15-18-49(92)93)55(98)77-40(26-85)51(69)94)71-48(91)24-70-53(96)41(27-86)79-62(105)50(32(5)88)81-56(99)35(14-17-47(68)90)73-61(104)45-12-9-21-83(45)64(107)39(23-31(3)4)76-58(101)42(28-87)78-59(102)43(29-108)80-52(95)33(66)25-84/h30-45,50,84-88,108H,6-29,65-66H2,1-5H3,(H2,67,89)(H2,68,90)(H2,69,94)(H,70,96)(H,71,91)(H,72,100)(H,73,104)(H,74,103)(H,75,97)(H,76,101)(H,77,98)(H,78,102)(H,79,105)(H,80,95)(H,81,99)(H,92,93)/t32?,33?,34?,35?,36?,37?,38?,39-,40?,41?,42?,43+,44?,45-,50?/m0/s1. The maximum Gasteiger partial charge on any atom is 0.303 e. The Morgan fingerprint density at radius 1 is 0.444 bits per heavy atom. The van der Waals surface area contributed by atoms with Crippen molar-refractivity contribution in [3.63, 3.8) is 0 Å². The molecule has 0 aromatic rings. The topological polar surface area (TPSA) is 710 Å². The van der Waals surface area contributed by atoms with E-state index in [1.807, 2.05) is 0 Å². The number of carboxylic acids is 1. The average Bonchev–Trinajstić information content (AvgIpc) is 1.62. The van der Waals surface area contributed by atoms with Gasteiger partial charge in [-0.05, 0) is 102 Å². The molecule has 44 heteroatoms. The van der Waals surface area contributed by atoms with Gasteiger partial charge >= 0.3 is 5.97 Å². The van der Waals surface area contributed by atoms with Gasteiger partial charge in [0.05, 0.1) is 39.1 Å². The lowest BCUT2D eigenvalue weighted by Gasteiger charge is -2.31. The van der Waals surface area contributed by atoms with E-state index in [0.717, 1.165) is 16.7 Å². The number of unbranched alkanes of at least 4 members (excludes halogenated alkanes) is 1. The molecule has 43 nitrogen and oxygen atoms in total. The Labute approximate surface area is 627 Å². The predicted molar refractivity (Wildman–Crippen MR) is 380 cm³/mol. The zero-order valence-corrected chi connectivity index (χ0v) is 61.9. The minimum atomic E-state index is -1.98. The highest BCUT2D eigenvalue weighted by molar-refractivity contribution is 7.80. The molecule has 17 amide bonds. The highest BCUT2D eigenvalue weighted by Gasteiger charge is 2.43. The van der Waals surface area contributed by atoms with Gasteiger partial charge in [-0.15, -0.1) is 0 Å². The summed E-state index contributed by atoms with van der Waals surface area (Å²) < 4.78 is 0. The summed E-state index contributed by atoms with van der Waals surface area (Å²) in [4.78, 5) is 242. The minimum absolute atomic E-state index is 0.00285. The van der Waals surface area contributed by atoms with Crippen LogP contribution in [0.1, 0.15) is 131 Å². The van der Waals surface area contributed by atoms with Crippen molar-refractivity contribution in [2.24, 2.45) is 40.5 Å². The fourth-order valence-electron chi connectivity index (χ4n) is 11.3. The second kappa shape index (κ2) is 48.0. The van der Waals surface area contributed by atoms with Gasteiger partial charge in [0.15, 0.2) is 0 Å². The van der Waals surface area contributed by atoms with E-state index in [-0.39, 0.29) is 88.6 Å². The lowest BCUT2D eigenvalue weighted by molar-refractivity contribution is -0.143.